The number of rotatable bonds is 4. The summed E-state index contributed by atoms with van der Waals surface area (Å²) in [6.45, 7) is 8.58. The highest BCUT2D eigenvalue weighted by atomic mass is 16.5. The van der Waals surface area contributed by atoms with Gasteiger partial charge in [-0.1, -0.05) is 23.8 Å². The highest BCUT2D eigenvalue weighted by molar-refractivity contribution is 5.79. The predicted molar refractivity (Wildman–Crippen MR) is 91.4 cm³/mol. The highest BCUT2D eigenvalue weighted by Gasteiger charge is 2.17. The van der Waals surface area contributed by atoms with Crippen LogP contribution < -0.4 is 10.6 Å². The Bertz CT molecular complexity index is 515. The van der Waals surface area contributed by atoms with E-state index in [1.165, 1.54) is 16.7 Å². The number of hydrogen-bond donors (Lipinski definition) is 2. The average molecular weight is 304 g/mol. The highest BCUT2D eigenvalue weighted by Crippen LogP contribution is 2.10. The normalized spacial score (nSPS) is 20.0. The largest absolute Gasteiger partial charge is 0.374 e. The summed E-state index contributed by atoms with van der Waals surface area (Å²) >= 11 is 0. The number of ether oxygens (including phenoxy) is 1. The third-order valence-electron chi connectivity index (χ3n) is 4.01. The van der Waals surface area contributed by atoms with Gasteiger partial charge in [0.05, 0.1) is 12.7 Å². The summed E-state index contributed by atoms with van der Waals surface area (Å²) in [4.78, 5) is 6.57. The molecule has 0 aliphatic carbocycles. The first-order chi connectivity index (χ1) is 10.6. The quantitative estimate of drug-likeness (QED) is 0.650. The van der Waals surface area contributed by atoms with Crippen molar-refractivity contribution in [2.75, 3.05) is 40.3 Å². The molecule has 5 heteroatoms. The average Bonchev–Trinajstić information content (AvgIpc) is 2.49. The van der Waals surface area contributed by atoms with Gasteiger partial charge in [-0.2, -0.15) is 0 Å². The van der Waals surface area contributed by atoms with Crippen molar-refractivity contribution >= 4 is 5.96 Å². The number of likely N-dealkylation sites (N-methyl/N-ethyl adjacent to an activating group) is 1. The molecule has 0 saturated carbocycles. The van der Waals surface area contributed by atoms with Crippen LogP contribution in [0.25, 0.3) is 0 Å². The number of benzene rings is 1. The number of aryl methyl sites for hydroxylation is 2. The lowest BCUT2D eigenvalue weighted by atomic mass is 10.1. The first kappa shape index (κ1) is 16.8. The lowest BCUT2D eigenvalue weighted by molar-refractivity contribution is -0.0161. The van der Waals surface area contributed by atoms with Gasteiger partial charge in [-0.05, 0) is 32.0 Å². The van der Waals surface area contributed by atoms with Gasteiger partial charge in [0.1, 0.15) is 0 Å². The molecule has 5 nitrogen and oxygen atoms in total. The second kappa shape index (κ2) is 8.15. The van der Waals surface area contributed by atoms with E-state index in [9.17, 15) is 0 Å². The summed E-state index contributed by atoms with van der Waals surface area (Å²) in [6.07, 6.45) is 0.221. The molecule has 1 aliphatic rings. The number of nitrogens with zero attached hydrogens (tertiary/aromatic N) is 2. The van der Waals surface area contributed by atoms with E-state index < -0.39 is 0 Å². The zero-order valence-electron chi connectivity index (χ0n) is 14.1. The van der Waals surface area contributed by atoms with Crippen LogP contribution in [0.4, 0.5) is 0 Å². The van der Waals surface area contributed by atoms with Crippen molar-refractivity contribution in [1.82, 2.24) is 15.5 Å². The molecule has 0 amide bonds. The van der Waals surface area contributed by atoms with Crippen molar-refractivity contribution in [3.63, 3.8) is 0 Å². The molecule has 2 N–H and O–H groups in total. The Morgan fingerprint density at radius 1 is 1.36 bits per heavy atom. The molecule has 1 atom stereocenters. The molecule has 2 rings (SSSR count). The third kappa shape index (κ3) is 5.00. The molecule has 0 radical (unpaired) electrons. The van der Waals surface area contributed by atoms with Crippen LogP contribution in [0.2, 0.25) is 0 Å². The Hall–Kier alpha value is -1.59. The van der Waals surface area contributed by atoms with Crippen LogP contribution >= 0.6 is 0 Å². The minimum Gasteiger partial charge on any atom is -0.374 e. The van der Waals surface area contributed by atoms with E-state index in [1.807, 2.05) is 0 Å². The zero-order valence-corrected chi connectivity index (χ0v) is 14.1. The molecule has 0 spiro atoms. The topological polar surface area (TPSA) is 48.9 Å². The summed E-state index contributed by atoms with van der Waals surface area (Å²) in [5, 5.41) is 6.71. The first-order valence-corrected chi connectivity index (χ1v) is 7.89. The Labute approximate surface area is 133 Å². The van der Waals surface area contributed by atoms with Crippen LogP contribution in [0, 0.1) is 13.8 Å². The van der Waals surface area contributed by atoms with E-state index in [4.69, 9.17) is 4.74 Å². The molecular weight excluding hydrogens is 276 g/mol. The SMILES string of the molecule is CN=C(NCc1ccc(C)cc1C)NCC1CN(C)CCO1. The van der Waals surface area contributed by atoms with Crippen LogP contribution in [-0.2, 0) is 11.3 Å². The van der Waals surface area contributed by atoms with Crippen LogP contribution in [0.15, 0.2) is 23.2 Å². The van der Waals surface area contributed by atoms with Crippen molar-refractivity contribution in [3.05, 3.63) is 34.9 Å². The molecule has 0 aromatic heterocycles. The van der Waals surface area contributed by atoms with E-state index in [0.29, 0.717) is 0 Å². The molecule has 0 bridgehead atoms. The van der Waals surface area contributed by atoms with Crippen LogP contribution in [0.5, 0.6) is 0 Å². The number of morpholine rings is 1. The van der Waals surface area contributed by atoms with Crippen molar-refractivity contribution in [3.8, 4) is 0 Å². The van der Waals surface area contributed by atoms with Gasteiger partial charge >= 0.3 is 0 Å². The molecule has 1 saturated heterocycles. The summed E-state index contributed by atoms with van der Waals surface area (Å²) < 4.78 is 5.75. The first-order valence-electron chi connectivity index (χ1n) is 7.89. The minimum absolute atomic E-state index is 0.221. The molecule has 1 unspecified atom stereocenters. The van der Waals surface area contributed by atoms with Crippen LogP contribution in [-0.4, -0.2) is 57.3 Å². The van der Waals surface area contributed by atoms with E-state index in [1.54, 1.807) is 7.05 Å². The Morgan fingerprint density at radius 3 is 2.86 bits per heavy atom. The van der Waals surface area contributed by atoms with Crippen molar-refractivity contribution < 1.29 is 4.74 Å². The Balaban J connectivity index is 1.80. The van der Waals surface area contributed by atoms with Crippen molar-refractivity contribution in [1.29, 1.82) is 0 Å². The summed E-state index contributed by atoms with van der Waals surface area (Å²) in [5.41, 5.74) is 3.89. The number of guanidine groups is 1. The molecule has 122 valence electrons. The maximum absolute atomic E-state index is 5.75. The van der Waals surface area contributed by atoms with Crippen LogP contribution in [0.3, 0.4) is 0 Å². The second-order valence-electron chi connectivity index (χ2n) is 5.99. The molecule has 1 heterocycles. The van der Waals surface area contributed by atoms with Gasteiger partial charge in [0, 0.05) is 33.2 Å². The second-order valence-corrected chi connectivity index (χ2v) is 5.99. The number of aliphatic imine (C=N–C) groups is 1. The van der Waals surface area contributed by atoms with E-state index >= 15 is 0 Å². The van der Waals surface area contributed by atoms with Gasteiger partial charge in [-0.25, -0.2) is 0 Å². The molecule has 1 aromatic rings. The smallest absolute Gasteiger partial charge is 0.191 e. The fourth-order valence-corrected chi connectivity index (χ4v) is 2.64. The monoisotopic (exact) mass is 304 g/mol. The standard InChI is InChI=1S/C17H28N4O/c1-13-5-6-15(14(2)9-13)10-19-17(18-3)20-11-16-12-21(4)7-8-22-16/h5-6,9,16H,7-8,10-12H2,1-4H3,(H2,18,19,20). The number of nitrogens with one attached hydrogen (secondary N) is 2. The summed E-state index contributed by atoms with van der Waals surface area (Å²) in [5.74, 6) is 0.816. The Kier molecular flexibility index (Phi) is 6.21. The van der Waals surface area contributed by atoms with E-state index in [-0.39, 0.29) is 6.10 Å². The Morgan fingerprint density at radius 2 is 2.18 bits per heavy atom. The minimum atomic E-state index is 0.221. The van der Waals surface area contributed by atoms with Gasteiger partial charge in [-0.3, -0.25) is 4.99 Å². The maximum atomic E-state index is 5.75. The zero-order chi connectivity index (χ0) is 15.9. The number of hydrogen-bond acceptors (Lipinski definition) is 3. The predicted octanol–water partition coefficient (Wildman–Crippen LogP) is 1.30. The molecular formula is C17H28N4O. The molecule has 1 fully saturated rings. The molecule has 1 aromatic carbocycles. The van der Waals surface area contributed by atoms with Gasteiger partial charge in [0.15, 0.2) is 5.96 Å². The maximum Gasteiger partial charge on any atom is 0.191 e. The van der Waals surface area contributed by atoms with Crippen molar-refractivity contribution in [2.45, 2.75) is 26.5 Å². The lowest BCUT2D eigenvalue weighted by Crippen LogP contribution is -2.48. The van der Waals surface area contributed by atoms with Gasteiger partial charge in [-0.15, -0.1) is 0 Å². The van der Waals surface area contributed by atoms with Gasteiger partial charge in [0.2, 0.25) is 0 Å². The molecule has 1 aliphatic heterocycles. The van der Waals surface area contributed by atoms with Crippen molar-refractivity contribution in [2.24, 2.45) is 4.99 Å². The van der Waals surface area contributed by atoms with Gasteiger partial charge in [0.25, 0.3) is 0 Å². The molecule has 22 heavy (non-hydrogen) atoms. The lowest BCUT2D eigenvalue weighted by Gasteiger charge is -2.30. The van der Waals surface area contributed by atoms with E-state index in [2.05, 4.69) is 59.6 Å². The summed E-state index contributed by atoms with van der Waals surface area (Å²) in [6, 6.07) is 6.52. The summed E-state index contributed by atoms with van der Waals surface area (Å²) in [7, 11) is 3.92. The fourth-order valence-electron chi connectivity index (χ4n) is 2.64. The van der Waals surface area contributed by atoms with Crippen LogP contribution in [0.1, 0.15) is 16.7 Å². The third-order valence-corrected chi connectivity index (χ3v) is 4.01. The van der Waals surface area contributed by atoms with E-state index in [0.717, 1.165) is 38.7 Å². The fraction of sp³-hybridized carbons (Fsp3) is 0.588. The van der Waals surface area contributed by atoms with Gasteiger partial charge < -0.3 is 20.3 Å².